The van der Waals surface area contributed by atoms with Crippen molar-refractivity contribution in [3.63, 3.8) is 0 Å². The lowest BCUT2D eigenvalue weighted by Crippen LogP contribution is -2.12. The van der Waals surface area contributed by atoms with Crippen molar-refractivity contribution >= 4 is 5.78 Å². The molecule has 1 heterocycles. The number of aromatic nitrogens is 3. The van der Waals surface area contributed by atoms with Crippen LogP contribution in [0.2, 0.25) is 0 Å². The van der Waals surface area contributed by atoms with Crippen LogP contribution in [0.1, 0.15) is 45.2 Å². The second-order valence-electron chi connectivity index (χ2n) is 5.61. The Bertz CT molecular complexity index is 471. The second-order valence-corrected chi connectivity index (χ2v) is 5.61. The molecule has 0 N–H and O–H groups in total. The average Bonchev–Trinajstić information content (AvgIpc) is 2.97. The normalized spacial score (nSPS) is 10.9. The Morgan fingerprint density at radius 3 is 2.65 bits per heavy atom. The molecule has 0 amide bonds. The Balaban J connectivity index is 1.98. The number of allylic oxidation sites excluding steroid dienone is 1. The Morgan fingerprint density at radius 2 is 1.96 bits per heavy atom. The predicted molar refractivity (Wildman–Crippen MR) is 89.3 cm³/mol. The van der Waals surface area contributed by atoms with E-state index in [0.29, 0.717) is 45.0 Å². The van der Waals surface area contributed by atoms with Gasteiger partial charge >= 0.3 is 0 Å². The minimum atomic E-state index is 0.0480. The number of unbranched alkanes of at least 4 members (excludes halogenated alkanes) is 2. The number of aryl methyl sites for hydroxylation is 1. The Kier molecular flexibility index (Phi) is 10.2. The van der Waals surface area contributed by atoms with Crippen LogP contribution in [0.3, 0.4) is 0 Å². The molecule has 0 unspecified atom stereocenters. The molecule has 1 aromatic heterocycles. The predicted octanol–water partition coefficient (Wildman–Crippen LogP) is 2.58. The van der Waals surface area contributed by atoms with Gasteiger partial charge in [-0.2, -0.15) is 0 Å². The maximum atomic E-state index is 11.3. The highest BCUT2D eigenvalue weighted by atomic mass is 16.5. The zero-order valence-corrected chi connectivity index (χ0v) is 14.4. The van der Waals surface area contributed by atoms with Crippen LogP contribution in [-0.4, -0.2) is 47.2 Å². The van der Waals surface area contributed by atoms with Crippen molar-refractivity contribution in [3.05, 3.63) is 24.0 Å². The second kappa shape index (κ2) is 12.0. The summed E-state index contributed by atoms with van der Waals surface area (Å²) in [4.78, 5) is 11.3. The van der Waals surface area contributed by atoms with Crippen LogP contribution in [0.4, 0.5) is 0 Å². The standard InChI is InChI=1S/C17H29N3O3/c1-4-5-6-7-16-14-20(19-18-16)9-11-23-13-12-22-10-8-17(21)15(2)3/h14H,2,4-13H2,1,3H3. The van der Waals surface area contributed by atoms with Crippen LogP contribution < -0.4 is 0 Å². The summed E-state index contributed by atoms with van der Waals surface area (Å²) >= 11 is 0. The third-order valence-electron chi connectivity index (χ3n) is 3.41. The number of hydrogen-bond acceptors (Lipinski definition) is 5. The fourth-order valence-corrected chi connectivity index (χ4v) is 1.98. The summed E-state index contributed by atoms with van der Waals surface area (Å²) in [5.41, 5.74) is 1.62. The average molecular weight is 323 g/mol. The van der Waals surface area contributed by atoms with Gasteiger partial charge in [-0.1, -0.05) is 31.6 Å². The molecule has 0 aromatic carbocycles. The molecule has 6 nitrogen and oxygen atoms in total. The van der Waals surface area contributed by atoms with Gasteiger partial charge in [-0.25, -0.2) is 4.68 Å². The first-order valence-corrected chi connectivity index (χ1v) is 8.36. The van der Waals surface area contributed by atoms with Crippen molar-refractivity contribution < 1.29 is 14.3 Å². The number of ketones is 1. The fraction of sp³-hybridized carbons (Fsp3) is 0.706. The van der Waals surface area contributed by atoms with Gasteiger partial charge in [0, 0.05) is 12.6 Å². The summed E-state index contributed by atoms with van der Waals surface area (Å²) in [6.07, 6.45) is 6.97. The number of carbonyl (C=O) groups is 1. The van der Waals surface area contributed by atoms with Gasteiger partial charge in [-0.15, -0.1) is 5.10 Å². The molecule has 1 aromatic rings. The quantitative estimate of drug-likeness (QED) is 0.389. The molecule has 0 fully saturated rings. The molecule has 0 saturated carbocycles. The number of rotatable bonds is 14. The summed E-state index contributed by atoms with van der Waals surface area (Å²) in [5.74, 6) is 0.0480. The van der Waals surface area contributed by atoms with E-state index in [9.17, 15) is 4.79 Å². The highest BCUT2D eigenvalue weighted by molar-refractivity contribution is 5.94. The Hall–Kier alpha value is -1.53. The van der Waals surface area contributed by atoms with Crippen molar-refractivity contribution in [2.45, 2.75) is 52.5 Å². The van der Waals surface area contributed by atoms with E-state index in [2.05, 4.69) is 23.8 Å². The van der Waals surface area contributed by atoms with Crippen molar-refractivity contribution in [1.82, 2.24) is 15.0 Å². The van der Waals surface area contributed by atoms with Crippen molar-refractivity contribution in [2.75, 3.05) is 26.4 Å². The van der Waals surface area contributed by atoms with E-state index in [1.54, 1.807) is 6.92 Å². The number of nitrogens with zero attached hydrogens (tertiary/aromatic N) is 3. The smallest absolute Gasteiger partial charge is 0.160 e. The van der Waals surface area contributed by atoms with E-state index in [1.807, 2.05) is 10.9 Å². The molecule has 1 rings (SSSR count). The molecule has 23 heavy (non-hydrogen) atoms. The van der Waals surface area contributed by atoms with E-state index in [4.69, 9.17) is 9.47 Å². The van der Waals surface area contributed by atoms with Crippen LogP contribution in [0.15, 0.2) is 18.3 Å². The Labute approximate surface area is 138 Å². The molecule has 0 aliphatic heterocycles. The third-order valence-corrected chi connectivity index (χ3v) is 3.41. The largest absolute Gasteiger partial charge is 0.379 e. The monoisotopic (exact) mass is 323 g/mol. The lowest BCUT2D eigenvalue weighted by molar-refractivity contribution is -0.116. The van der Waals surface area contributed by atoms with Gasteiger partial charge in [0.05, 0.1) is 38.7 Å². The molecule has 0 spiro atoms. The molecule has 130 valence electrons. The molecular weight excluding hydrogens is 294 g/mol. The minimum absolute atomic E-state index is 0.0480. The lowest BCUT2D eigenvalue weighted by Gasteiger charge is -2.05. The molecule has 0 radical (unpaired) electrons. The fourth-order valence-electron chi connectivity index (χ4n) is 1.98. The van der Waals surface area contributed by atoms with Crippen LogP contribution in [-0.2, 0) is 27.2 Å². The highest BCUT2D eigenvalue weighted by Crippen LogP contribution is 2.02. The van der Waals surface area contributed by atoms with Crippen LogP contribution >= 0.6 is 0 Å². The zero-order valence-electron chi connectivity index (χ0n) is 14.4. The maximum Gasteiger partial charge on any atom is 0.160 e. The first-order valence-electron chi connectivity index (χ1n) is 8.36. The molecule has 6 heteroatoms. The number of ether oxygens (including phenoxy) is 2. The van der Waals surface area contributed by atoms with E-state index in [0.717, 1.165) is 18.5 Å². The van der Waals surface area contributed by atoms with Gasteiger partial charge in [0.2, 0.25) is 0 Å². The van der Waals surface area contributed by atoms with Crippen LogP contribution in [0, 0.1) is 0 Å². The lowest BCUT2D eigenvalue weighted by atomic mass is 10.2. The molecule has 0 saturated heterocycles. The molecule has 0 bridgehead atoms. The minimum Gasteiger partial charge on any atom is -0.379 e. The van der Waals surface area contributed by atoms with Gasteiger partial charge < -0.3 is 9.47 Å². The third kappa shape index (κ3) is 9.25. The Morgan fingerprint density at radius 1 is 1.22 bits per heavy atom. The van der Waals surface area contributed by atoms with Gasteiger partial charge in [0.25, 0.3) is 0 Å². The van der Waals surface area contributed by atoms with Crippen molar-refractivity contribution in [1.29, 1.82) is 0 Å². The highest BCUT2D eigenvalue weighted by Gasteiger charge is 2.02. The topological polar surface area (TPSA) is 66.2 Å². The SMILES string of the molecule is C=C(C)C(=O)CCOCCOCCn1cc(CCCCC)nn1. The van der Waals surface area contributed by atoms with Gasteiger partial charge in [-0.3, -0.25) is 4.79 Å². The van der Waals surface area contributed by atoms with Gasteiger partial charge in [0.15, 0.2) is 5.78 Å². The molecule has 0 atom stereocenters. The van der Waals surface area contributed by atoms with E-state index >= 15 is 0 Å². The van der Waals surface area contributed by atoms with Gasteiger partial charge in [0.1, 0.15) is 0 Å². The van der Waals surface area contributed by atoms with Crippen LogP contribution in [0.25, 0.3) is 0 Å². The number of carbonyl (C=O) groups excluding carboxylic acids is 1. The molecule has 0 aliphatic rings. The summed E-state index contributed by atoms with van der Waals surface area (Å²) in [6, 6.07) is 0. The van der Waals surface area contributed by atoms with Crippen molar-refractivity contribution in [2.24, 2.45) is 0 Å². The van der Waals surface area contributed by atoms with E-state index in [1.165, 1.54) is 12.8 Å². The summed E-state index contributed by atoms with van der Waals surface area (Å²) in [6.45, 7) is 10.2. The molecular formula is C17H29N3O3. The number of Topliss-reactive ketones (excluding diaryl/α,β-unsaturated/α-hetero) is 1. The number of hydrogen-bond donors (Lipinski definition) is 0. The first-order chi connectivity index (χ1) is 11.1. The summed E-state index contributed by atoms with van der Waals surface area (Å²) in [5, 5.41) is 8.24. The summed E-state index contributed by atoms with van der Waals surface area (Å²) < 4.78 is 12.6. The maximum absolute atomic E-state index is 11.3. The van der Waals surface area contributed by atoms with Crippen molar-refractivity contribution in [3.8, 4) is 0 Å². The van der Waals surface area contributed by atoms with E-state index < -0.39 is 0 Å². The summed E-state index contributed by atoms with van der Waals surface area (Å²) in [7, 11) is 0. The van der Waals surface area contributed by atoms with Crippen LogP contribution in [0.5, 0.6) is 0 Å². The molecule has 0 aliphatic carbocycles. The first kappa shape index (κ1) is 19.5. The zero-order chi connectivity index (χ0) is 16.9. The van der Waals surface area contributed by atoms with Gasteiger partial charge in [-0.05, 0) is 25.3 Å². The van der Waals surface area contributed by atoms with E-state index in [-0.39, 0.29) is 5.78 Å².